The first-order valence-electron chi connectivity index (χ1n) is 9.64. The molecule has 152 valence electrons. The molecule has 2 heterocycles. The molecular formula is C20H23N5O3S. The van der Waals surface area contributed by atoms with Gasteiger partial charge in [0.05, 0.1) is 17.8 Å². The average Bonchev–Trinajstić information content (AvgIpc) is 3.22. The van der Waals surface area contributed by atoms with Gasteiger partial charge in [0, 0.05) is 11.1 Å². The third-order valence-electron chi connectivity index (χ3n) is 5.09. The number of H-pyrrole nitrogens is 1. The molecule has 1 aromatic carbocycles. The summed E-state index contributed by atoms with van der Waals surface area (Å²) in [5.74, 6) is 1.35. The lowest BCUT2D eigenvalue weighted by atomic mass is 9.90. The number of ether oxygens (including phenoxy) is 1. The number of nitrogens with zero attached hydrogens (tertiary/aromatic N) is 3. The first-order valence-corrected chi connectivity index (χ1v) is 11.2. The minimum atomic E-state index is -3.46. The van der Waals surface area contributed by atoms with Crippen molar-refractivity contribution in [2.24, 2.45) is 5.92 Å². The van der Waals surface area contributed by atoms with E-state index in [1.807, 2.05) is 0 Å². The number of anilines is 2. The van der Waals surface area contributed by atoms with Crippen molar-refractivity contribution in [3.8, 4) is 5.88 Å². The van der Waals surface area contributed by atoms with E-state index in [-0.39, 0.29) is 4.90 Å². The van der Waals surface area contributed by atoms with Crippen LogP contribution in [-0.2, 0) is 9.84 Å². The number of sulfone groups is 1. The van der Waals surface area contributed by atoms with Crippen molar-refractivity contribution >= 4 is 32.6 Å². The van der Waals surface area contributed by atoms with Crippen molar-refractivity contribution in [1.29, 1.82) is 0 Å². The van der Waals surface area contributed by atoms with Gasteiger partial charge in [0.25, 0.3) is 0 Å². The number of aromatic nitrogens is 4. The van der Waals surface area contributed by atoms with Gasteiger partial charge in [-0.05, 0) is 43.0 Å². The number of hydrogen-bond acceptors (Lipinski definition) is 7. The predicted molar refractivity (Wildman–Crippen MR) is 111 cm³/mol. The Morgan fingerprint density at radius 3 is 2.66 bits per heavy atom. The molecule has 0 spiro atoms. The lowest BCUT2D eigenvalue weighted by Gasteiger charge is -2.21. The zero-order valence-corrected chi connectivity index (χ0v) is 16.8. The molecule has 1 fully saturated rings. The van der Waals surface area contributed by atoms with E-state index >= 15 is 0 Å². The lowest BCUT2D eigenvalue weighted by Crippen LogP contribution is -2.16. The van der Waals surface area contributed by atoms with E-state index in [9.17, 15) is 8.42 Å². The van der Waals surface area contributed by atoms with Gasteiger partial charge in [-0.3, -0.25) is 0 Å². The molecule has 2 N–H and O–H groups in total. The van der Waals surface area contributed by atoms with Crippen LogP contribution < -0.4 is 10.1 Å². The standard InChI is InChI=1S/C20H23N5O3S/c1-2-29(26,27)16-10-8-15(9-11-16)23-20-24-18-17(21-13-22-18)19(25-20)28-12-14-6-4-3-5-7-14/h2,8-11,13-14H,1,3-7,12H2,(H2,21,22,23,24,25). The Balaban J connectivity index is 1.53. The van der Waals surface area contributed by atoms with Gasteiger partial charge in [-0.2, -0.15) is 9.97 Å². The molecule has 0 unspecified atom stereocenters. The van der Waals surface area contributed by atoms with Crippen LogP contribution in [0.25, 0.3) is 11.2 Å². The van der Waals surface area contributed by atoms with E-state index < -0.39 is 9.84 Å². The fraction of sp³-hybridized carbons (Fsp3) is 0.350. The molecule has 1 saturated carbocycles. The highest BCUT2D eigenvalue weighted by molar-refractivity contribution is 7.94. The highest BCUT2D eigenvalue weighted by Gasteiger charge is 2.17. The van der Waals surface area contributed by atoms with E-state index in [0.717, 1.165) is 5.41 Å². The van der Waals surface area contributed by atoms with Crippen molar-refractivity contribution in [2.45, 2.75) is 37.0 Å². The van der Waals surface area contributed by atoms with Crippen LogP contribution >= 0.6 is 0 Å². The summed E-state index contributed by atoms with van der Waals surface area (Å²) in [6.45, 7) is 3.96. The maximum Gasteiger partial charge on any atom is 0.245 e. The van der Waals surface area contributed by atoms with Gasteiger partial charge in [0.1, 0.15) is 5.52 Å². The summed E-state index contributed by atoms with van der Waals surface area (Å²) < 4.78 is 29.7. The Kier molecular flexibility index (Phi) is 5.48. The first kappa shape index (κ1) is 19.4. The summed E-state index contributed by atoms with van der Waals surface area (Å²) in [7, 11) is -3.46. The maximum atomic E-state index is 11.8. The van der Waals surface area contributed by atoms with Crippen LogP contribution in [0.5, 0.6) is 5.88 Å². The summed E-state index contributed by atoms with van der Waals surface area (Å²) in [6, 6.07) is 6.31. The molecule has 3 aromatic rings. The second kappa shape index (κ2) is 8.20. The largest absolute Gasteiger partial charge is 0.476 e. The molecule has 4 rings (SSSR count). The van der Waals surface area contributed by atoms with Crippen LogP contribution in [0.15, 0.2) is 47.5 Å². The monoisotopic (exact) mass is 413 g/mol. The normalized spacial score (nSPS) is 15.3. The molecule has 0 radical (unpaired) electrons. The van der Waals surface area contributed by atoms with Gasteiger partial charge in [-0.15, -0.1) is 0 Å². The van der Waals surface area contributed by atoms with Crippen LogP contribution in [0.4, 0.5) is 11.6 Å². The third kappa shape index (κ3) is 4.40. The van der Waals surface area contributed by atoms with Crippen LogP contribution in [0, 0.1) is 5.92 Å². The Hall–Kier alpha value is -2.94. The fourth-order valence-electron chi connectivity index (χ4n) is 3.47. The second-order valence-corrected chi connectivity index (χ2v) is 9.02. The van der Waals surface area contributed by atoms with Gasteiger partial charge in [-0.25, -0.2) is 13.4 Å². The second-order valence-electron chi connectivity index (χ2n) is 7.13. The molecule has 0 bridgehead atoms. The van der Waals surface area contributed by atoms with E-state index in [1.165, 1.54) is 44.2 Å². The number of fused-ring (bicyclic) bond motifs is 1. The van der Waals surface area contributed by atoms with Crippen molar-refractivity contribution < 1.29 is 13.2 Å². The van der Waals surface area contributed by atoms with Gasteiger partial charge in [-0.1, -0.05) is 25.8 Å². The number of nitrogens with one attached hydrogen (secondary N) is 2. The van der Waals surface area contributed by atoms with E-state index in [4.69, 9.17) is 4.74 Å². The van der Waals surface area contributed by atoms with E-state index in [0.29, 0.717) is 41.2 Å². The molecule has 1 aliphatic rings. The Morgan fingerprint density at radius 1 is 1.17 bits per heavy atom. The molecule has 9 heteroatoms. The smallest absolute Gasteiger partial charge is 0.245 e. The zero-order chi connectivity index (χ0) is 20.3. The van der Waals surface area contributed by atoms with Gasteiger partial charge >= 0.3 is 0 Å². The minimum Gasteiger partial charge on any atom is -0.476 e. The summed E-state index contributed by atoms with van der Waals surface area (Å²) in [6.07, 6.45) is 7.73. The van der Waals surface area contributed by atoms with Crippen LogP contribution in [0.3, 0.4) is 0 Å². The highest BCUT2D eigenvalue weighted by Crippen LogP contribution is 2.27. The number of rotatable bonds is 7. The molecule has 1 aliphatic carbocycles. The molecule has 0 aliphatic heterocycles. The van der Waals surface area contributed by atoms with Crippen molar-refractivity contribution in [1.82, 2.24) is 19.9 Å². The van der Waals surface area contributed by atoms with Gasteiger partial charge in [0.2, 0.25) is 11.8 Å². The topological polar surface area (TPSA) is 110 Å². The third-order valence-corrected chi connectivity index (χ3v) is 6.46. The Bertz CT molecular complexity index is 1100. The molecule has 29 heavy (non-hydrogen) atoms. The molecule has 0 saturated heterocycles. The number of imidazole rings is 1. The molecule has 0 amide bonds. The molecular weight excluding hydrogens is 390 g/mol. The van der Waals surface area contributed by atoms with E-state index in [1.54, 1.807) is 18.5 Å². The van der Waals surface area contributed by atoms with E-state index in [2.05, 4.69) is 31.8 Å². The highest BCUT2D eigenvalue weighted by atomic mass is 32.2. The zero-order valence-electron chi connectivity index (χ0n) is 16.0. The molecule has 2 aromatic heterocycles. The molecule has 0 atom stereocenters. The Morgan fingerprint density at radius 2 is 1.93 bits per heavy atom. The number of aromatic amines is 1. The van der Waals surface area contributed by atoms with Crippen LogP contribution in [0.2, 0.25) is 0 Å². The quantitative estimate of drug-likeness (QED) is 0.603. The first-order chi connectivity index (χ1) is 14.0. The summed E-state index contributed by atoms with van der Waals surface area (Å²) in [5.41, 5.74) is 1.83. The van der Waals surface area contributed by atoms with Crippen molar-refractivity contribution in [2.75, 3.05) is 11.9 Å². The number of benzene rings is 1. The van der Waals surface area contributed by atoms with Crippen LogP contribution in [0.1, 0.15) is 32.1 Å². The SMILES string of the molecule is C=CS(=O)(=O)c1ccc(Nc2nc(OCC3CCCCC3)c3[nH]cnc3n2)cc1. The van der Waals surface area contributed by atoms with Crippen molar-refractivity contribution in [3.05, 3.63) is 42.6 Å². The fourth-order valence-corrected chi connectivity index (χ4v) is 4.18. The van der Waals surface area contributed by atoms with Gasteiger partial charge in [0.15, 0.2) is 15.5 Å². The predicted octanol–water partition coefficient (Wildman–Crippen LogP) is 3.97. The summed E-state index contributed by atoms with van der Waals surface area (Å²) >= 11 is 0. The lowest BCUT2D eigenvalue weighted by molar-refractivity contribution is 0.205. The van der Waals surface area contributed by atoms with Gasteiger partial charge < -0.3 is 15.0 Å². The molecule has 8 nitrogen and oxygen atoms in total. The van der Waals surface area contributed by atoms with Crippen LogP contribution in [-0.4, -0.2) is 35.0 Å². The van der Waals surface area contributed by atoms with Crippen molar-refractivity contribution in [3.63, 3.8) is 0 Å². The number of hydrogen-bond donors (Lipinski definition) is 2. The maximum absolute atomic E-state index is 11.8. The summed E-state index contributed by atoms with van der Waals surface area (Å²) in [4.78, 5) is 16.3. The summed E-state index contributed by atoms with van der Waals surface area (Å²) in [5, 5.41) is 4.01. The Labute approximate surface area is 169 Å². The average molecular weight is 414 g/mol. The minimum absolute atomic E-state index is 0.179.